The Kier molecular flexibility index (Phi) is 6.97. The van der Waals surface area contributed by atoms with E-state index in [0.717, 1.165) is 30.2 Å². The molecule has 1 unspecified atom stereocenters. The van der Waals surface area contributed by atoms with Crippen LogP contribution in [0.15, 0.2) is 35.4 Å². The highest BCUT2D eigenvalue weighted by Crippen LogP contribution is 2.40. The van der Waals surface area contributed by atoms with Crippen LogP contribution in [0.25, 0.3) is 0 Å². The second kappa shape index (κ2) is 8.06. The largest absolute Gasteiger partial charge is 0.306 e. The van der Waals surface area contributed by atoms with Gasteiger partial charge in [0.05, 0.1) is 9.83 Å². The predicted molar refractivity (Wildman–Crippen MR) is 106 cm³/mol. The lowest BCUT2D eigenvalue weighted by atomic mass is 10.0. The summed E-state index contributed by atoms with van der Waals surface area (Å²) in [4.78, 5) is 1.29. The Morgan fingerprint density at radius 1 is 1.05 bits per heavy atom. The molecule has 0 amide bonds. The molecule has 2 aromatic rings. The van der Waals surface area contributed by atoms with Crippen molar-refractivity contribution in [1.82, 2.24) is 5.32 Å². The number of benzene rings is 1. The number of hydrogen-bond donors (Lipinski definition) is 1. The molecule has 2 rings (SSSR count). The van der Waals surface area contributed by atoms with E-state index in [1.807, 2.05) is 0 Å². The Balaban J connectivity index is 2.47. The Labute approximate surface area is 163 Å². The Morgan fingerprint density at radius 3 is 2.33 bits per heavy atom. The molecular formula is C15H15Br4NS. The molecule has 0 aliphatic heterocycles. The van der Waals surface area contributed by atoms with Crippen molar-refractivity contribution in [2.75, 3.05) is 6.54 Å². The van der Waals surface area contributed by atoms with Gasteiger partial charge in [-0.05, 0) is 81.1 Å². The van der Waals surface area contributed by atoms with Crippen molar-refractivity contribution in [2.24, 2.45) is 0 Å². The number of thiophene rings is 1. The van der Waals surface area contributed by atoms with E-state index >= 15 is 0 Å². The molecule has 0 bridgehead atoms. The van der Waals surface area contributed by atoms with Gasteiger partial charge in [0.25, 0.3) is 0 Å². The van der Waals surface area contributed by atoms with Crippen molar-refractivity contribution < 1.29 is 0 Å². The van der Waals surface area contributed by atoms with Gasteiger partial charge < -0.3 is 5.32 Å². The lowest BCUT2D eigenvalue weighted by Crippen LogP contribution is -2.22. The molecule has 1 N–H and O–H groups in total. The lowest BCUT2D eigenvalue weighted by Gasteiger charge is -2.20. The Morgan fingerprint density at radius 2 is 1.76 bits per heavy atom. The van der Waals surface area contributed by atoms with Crippen molar-refractivity contribution >= 4 is 75.1 Å². The van der Waals surface area contributed by atoms with Crippen LogP contribution in [0.4, 0.5) is 0 Å². The van der Waals surface area contributed by atoms with E-state index in [4.69, 9.17) is 0 Å². The van der Waals surface area contributed by atoms with Crippen LogP contribution in [-0.4, -0.2) is 6.54 Å². The molecule has 114 valence electrons. The molecule has 1 atom stereocenters. The van der Waals surface area contributed by atoms with Gasteiger partial charge in [0, 0.05) is 18.3 Å². The summed E-state index contributed by atoms with van der Waals surface area (Å²) in [6.07, 6.45) is 1.11. The smallest absolute Gasteiger partial charge is 0.0843 e. The quantitative estimate of drug-likeness (QED) is 0.408. The SMILES string of the molecule is CCCNC(c1cc(Br)c(Br)s1)c1cc(Br)c(C)cc1Br. The van der Waals surface area contributed by atoms with Crippen LogP contribution in [0, 0.1) is 6.92 Å². The van der Waals surface area contributed by atoms with Crippen LogP contribution in [0.1, 0.15) is 35.4 Å². The van der Waals surface area contributed by atoms with Crippen molar-refractivity contribution in [2.45, 2.75) is 26.3 Å². The van der Waals surface area contributed by atoms with Crippen molar-refractivity contribution in [1.29, 1.82) is 0 Å². The Hall–Kier alpha value is 0.800. The molecule has 0 aliphatic rings. The molecule has 21 heavy (non-hydrogen) atoms. The average molecular weight is 561 g/mol. The number of hydrogen-bond acceptors (Lipinski definition) is 2. The zero-order chi connectivity index (χ0) is 15.6. The standard InChI is InChI=1S/C15H15Br4NS/c1-3-4-20-14(13-7-12(18)15(19)21-13)9-6-10(16)8(2)5-11(9)17/h5-7,14,20H,3-4H2,1-2H3. The topological polar surface area (TPSA) is 12.0 Å². The van der Waals surface area contributed by atoms with E-state index in [2.05, 4.69) is 101 Å². The first-order valence-electron chi connectivity index (χ1n) is 6.57. The number of rotatable bonds is 5. The summed E-state index contributed by atoms with van der Waals surface area (Å²) in [6.45, 7) is 5.27. The molecule has 1 aromatic carbocycles. The molecular weight excluding hydrogens is 546 g/mol. The first kappa shape index (κ1) is 18.1. The van der Waals surface area contributed by atoms with Crippen molar-refractivity contribution in [3.8, 4) is 0 Å². The summed E-state index contributed by atoms with van der Waals surface area (Å²) in [7, 11) is 0. The van der Waals surface area contributed by atoms with Crippen molar-refractivity contribution in [3.63, 3.8) is 0 Å². The normalized spacial score (nSPS) is 12.7. The van der Waals surface area contributed by atoms with Crippen LogP contribution in [0.2, 0.25) is 0 Å². The highest BCUT2D eigenvalue weighted by Gasteiger charge is 2.20. The van der Waals surface area contributed by atoms with E-state index in [-0.39, 0.29) is 6.04 Å². The summed E-state index contributed by atoms with van der Waals surface area (Å²) >= 11 is 16.3. The average Bonchev–Trinajstić information content (AvgIpc) is 2.75. The van der Waals surface area contributed by atoms with Gasteiger partial charge in [-0.1, -0.05) is 38.8 Å². The van der Waals surface area contributed by atoms with Gasteiger partial charge in [0.15, 0.2) is 0 Å². The van der Waals surface area contributed by atoms with Crippen molar-refractivity contribution in [3.05, 3.63) is 51.4 Å². The fourth-order valence-electron chi connectivity index (χ4n) is 2.04. The number of aryl methyl sites for hydroxylation is 1. The third-order valence-electron chi connectivity index (χ3n) is 3.14. The van der Waals surface area contributed by atoms with Gasteiger partial charge in [-0.2, -0.15) is 0 Å². The zero-order valence-corrected chi connectivity index (χ0v) is 18.8. The van der Waals surface area contributed by atoms with Gasteiger partial charge in [0.2, 0.25) is 0 Å². The van der Waals surface area contributed by atoms with Gasteiger partial charge >= 0.3 is 0 Å². The van der Waals surface area contributed by atoms with Gasteiger partial charge in [-0.15, -0.1) is 11.3 Å². The maximum Gasteiger partial charge on any atom is 0.0843 e. The van der Waals surface area contributed by atoms with Crippen LogP contribution in [-0.2, 0) is 0 Å². The van der Waals surface area contributed by atoms with E-state index in [1.165, 1.54) is 16.0 Å². The molecule has 6 heteroatoms. The van der Waals surface area contributed by atoms with Gasteiger partial charge in [-0.3, -0.25) is 0 Å². The van der Waals surface area contributed by atoms with E-state index < -0.39 is 0 Å². The van der Waals surface area contributed by atoms with Crippen LogP contribution < -0.4 is 5.32 Å². The third kappa shape index (κ3) is 4.42. The fourth-order valence-corrected chi connectivity index (χ4v) is 5.27. The summed E-state index contributed by atoms with van der Waals surface area (Å²) in [5.41, 5.74) is 2.48. The fraction of sp³-hybridized carbons (Fsp3) is 0.333. The molecule has 0 saturated heterocycles. The lowest BCUT2D eigenvalue weighted by molar-refractivity contribution is 0.604. The minimum absolute atomic E-state index is 0.184. The minimum atomic E-state index is 0.184. The molecule has 1 aromatic heterocycles. The molecule has 0 aliphatic carbocycles. The first-order chi connectivity index (χ1) is 9.93. The van der Waals surface area contributed by atoms with E-state index in [1.54, 1.807) is 11.3 Å². The van der Waals surface area contributed by atoms with Crippen LogP contribution >= 0.6 is 75.1 Å². The second-order valence-electron chi connectivity index (χ2n) is 4.78. The maximum atomic E-state index is 3.72. The third-order valence-corrected chi connectivity index (χ3v) is 8.00. The van der Waals surface area contributed by atoms with Gasteiger partial charge in [-0.25, -0.2) is 0 Å². The summed E-state index contributed by atoms with van der Waals surface area (Å²) in [6, 6.07) is 6.73. The van der Waals surface area contributed by atoms with E-state index in [0.29, 0.717) is 0 Å². The highest BCUT2D eigenvalue weighted by molar-refractivity contribution is 9.13. The molecule has 0 saturated carbocycles. The number of nitrogens with one attached hydrogen (secondary N) is 1. The van der Waals surface area contributed by atoms with Crippen LogP contribution in [0.3, 0.4) is 0 Å². The summed E-state index contributed by atoms with van der Waals surface area (Å²) in [5, 5.41) is 3.65. The monoisotopic (exact) mass is 557 g/mol. The minimum Gasteiger partial charge on any atom is -0.306 e. The molecule has 0 fully saturated rings. The number of halogens is 4. The van der Waals surface area contributed by atoms with E-state index in [9.17, 15) is 0 Å². The zero-order valence-electron chi connectivity index (χ0n) is 11.6. The first-order valence-corrected chi connectivity index (χ1v) is 10.6. The van der Waals surface area contributed by atoms with Gasteiger partial charge in [0.1, 0.15) is 0 Å². The molecule has 0 spiro atoms. The van der Waals surface area contributed by atoms with Crippen LogP contribution in [0.5, 0.6) is 0 Å². The molecule has 1 nitrogen and oxygen atoms in total. The predicted octanol–water partition coefficient (Wildman–Crippen LogP) is 7.20. The molecule has 1 heterocycles. The summed E-state index contributed by atoms with van der Waals surface area (Å²) in [5.74, 6) is 0. The second-order valence-corrected chi connectivity index (χ2v) is 9.75. The highest BCUT2D eigenvalue weighted by atomic mass is 79.9. The Bertz CT molecular complexity index is 619. The summed E-state index contributed by atoms with van der Waals surface area (Å²) < 4.78 is 4.51. The maximum absolute atomic E-state index is 3.72. The molecule has 0 radical (unpaired) electrons.